The molecule has 1 heterocycles. The molecule has 0 fully saturated rings. The van der Waals surface area contributed by atoms with Gasteiger partial charge in [-0.15, -0.1) is 11.3 Å². The predicted octanol–water partition coefficient (Wildman–Crippen LogP) is 2.41. The highest BCUT2D eigenvalue weighted by molar-refractivity contribution is 7.09. The monoisotopic (exact) mass is 286 g/mol. The van der Waals surface area contributed by atoms with E-state index < -0.39 is 0 Å². The Morgan fingerprint density at radius 3 is 2.68 bits per heavy atom. The number of hydrogen-bond donors (Lipinski definition) is 1. The number of hydrogen-bond acceptors (Lipinski definition) is 5. The van der Waals surface area contributed by atoms with Crippen molar-refractivity contribution in [1.82, 2.24) is 10.3 Å². The number of ether oxygens (including phenoxy) is 2. The fraction of sp³-hybridized carbons (Fsp3) is 0.786. The summed E-state index contributed by atoms with van der Waals surface area (Å²) in [5.74, 6) is 0. The molecule has 1 unspecified atom stereocenters. The average molecular weight is 286 g/mol. The molecular weight excluding hydrogens is 260 g/mol. The lowest BCUT2D eigenvalue weighted by molar-refractivity contribution is -0.00232. The van der Waals surface area contributed by atoms with Crippen LogP contribution in [0.2, 0.25) is 0 Å². The molecule has 5 heteroatoms. The van der Waals surface area contributed by atoms with E-state index in [4.69, 9.17) is 9.47 Å². The number of methoxy groups -OCH3 is 1. The van der Waals surface area contributed by atoms with Crippen LogP contribution in [0.25, 0.3) is 0 Å². The molecule has 1 aromatic rings. The van der Waals surface area contributed by atoms with Gasteiger partial charge in [0, 0.05) is 30.5 Å². The highest BCUT2D eigenvalue weighted by atomic mass is 32.1. The summed E-state index contributed by atoms with van der Waals surface area (Å²) in [6.07, 6.45) is 1.02. The van der Waals surface area contributed by atoms with Gasteiger partial charge in [-0.05, 0) is 27.7 Å². The summed E-state index contributed by atoms with van der Waals surface area (Å²) < 4.78 is 11.1. The van der Waals surface area contributed by atoms with Gasteiger partial charge in [0.2, 0.25) is 0 Å². The molecule has 1 aromatic heterocycles. The largest absolute Gasteiger partial charge is 0.382 e. The highest BCUT2D eigenvalue weighted by Crippen LogP contribution is 2.13. The van der Waals surface area contributed by atoms with Crippen LogP contribution in [0, 0.1) is 6.92 Å². The summed E-state index contributed by atoms with van der Waals surface area (Å²) in [5, 5.41) is 3.45. The fourth-order valence-electron chi connectivity index (χ4n) is 1.66. The third-order valence-corrected chi connectivity index (χ3v) is 3.74. The molecule has 0 saturated heterocycles. The maximum Gasteiger partial charge on any atom is 0.0932 e. The number of aromatic nitrogens is 1. The Morgan fingerprint density at radius 1 is 1.42 bits per heavy atom. The van der Waals surface area contributed by atoms with Gasteiger partial charge in [-0.1, -0.05) is 0 Å². The molecule has 0 amide bonds. The van der Waals surface area contributed by atoms with Crippen molar-refractivity contribution in [3.63, 3.8) is 0 Å². The van der Waals surface area contributed by atoms with Crippen molar-refractivity contribution >= 4 is 11.3 Å². The van der Waals surface area contributed by atoms with Gasteiger partial charge < -0.3 is 14.8 Å². The zero-order valence-electron chi connectivity index (χ0n) is 12.7. The van der Waals surface area contributed by atoms with Gasteiger partial charge in [0.1, 0.15) is 0 Å². The third kappa shape index (κ3) is 7.01. The third-order valence-electron chi connectivity index (χ3n) is 2.74. The van der Waals surface area contributed by atoms with Gasteiger partial charge in [-0.2, -0.15) is 0 Å². The molecule has 0 aliphatic heterocycles. The minimum Gasteiger partial charge on any atom is -0.382 e. The van der Waals surface area contributed by atoms with Crippen LogP contribution in [-0.4, -0.2) is 43.5 Å². The Balaban J connectivity index is 2.31. The van der Waals surface area contributed by atoms with Crippen molar-refractivity contribution < 1.29 is 9.47 Å². The molecule has 0 aliphatic carbocycles. The molecule has 0 aromatic carbocycles. The first-order chi connectivity index (χ1) is 8.92. The van der Waals surface area contributed by atoms with Crippen molar-refractivity contribution in [1.29, 1.82) is 0 Å². The number of nitrogens with one attached hydrogen (secondary N) is 1. The normalized spacial score (nSPS) is 13.7. The lowest BCUT2D eigenvalue weighted by atomic mass is 10.1. The average Bonchev–Trinajstić information content (AvgIpc) is 2.71. The van der Waals surface area contributed by atoms with E-state index in [9.17, 15) is 0 Å². The van der Waals surface area contributed by atoms with Gasteiger partial charge in [0.05, 0.1) is 30.5 Å². The maximum absolute atomic E-state index is 5.90. The smallest absolute Gasteiger partial charge is 0.0932 e. The number of rotatable bonds is 8. The van der Waals surface area contributed by atoms with E-state index in [1.165, 1.54) is 4.88 Å². The molecule has 0 spiro atoms. The zero-order chi connectivity index (χ0) is 14.3. The Hall–Kier alpha value is -0.490. The van der Waals surface area contributed by atoms with Crippen molar-refractivity contribution in [2.45, 2.75) is 45.8 Å². The molecule has 0 aliphatic rings. The topological polar surface area (TPSA) is 43.4 Å². The molecule has 110 valence electrons. The first-order valence-corrected chi connectivity index (χ1v) is 7.55. The summed E-state index contributed by atoms with van der Waals surface area (Å²) in [5.41, 5.74) is 3.10. The Labute approximate surface area is 120 Å². The van der Waals surface area contributed by atoms with Crippen molar-refractivity contribution in [2.24, 2.45) is 0 Å². The number of thiazole rings is 1. The van der Waals surface area contributed by atoms with Crippen LogP contribution >= 0.6 is 11.3 Å². The Morgan fingerprint density at radius 2 is 2.16 bits per heavy atom. The number of aryl methyl sites for hydroxylation is 1. The van der Waals surface area contributed by atoms with E-state index in [0.717, 1.165) is 18.7 Å². The van der Waals surface area contributed by atoms with E-state index in [1.807, 2.05) is 12.4 Å². The lowest BCUT2D eigenvalue weighted by Gasteiger charge is -2.25. The standard InChI is InChI=1S/C14H26N2O2S/c1-11-13(19-10-15-11)6-7-18-12(9-17-5)8-16-14(2,3)4/h10,12,16H,6-9H2,1-5H3. The van der Waals surface area contributed by atoms with Crippen LogP contribution < -0.4 is 5.32 Å². The summed E-state index contributed by atoms with van der Waals surface area (Å²) in [6, 6.07) is 0. The van der Waals surface area contributed by atoms with Crippen LogP contribution in [0.3, 0.4) is 0 Å². The predicted molar refractivity (Wildman–Crippen MR) is 79.9 cm³/mol. The minimum atomic E-state index is 0.0949. The van der Waals surface area contributed by atoms with Gasteiger partial charge in [-0.25, -0.2) is 4.98 Å². The second-order valence-corrected chi connectivity index (χ2v) is 6.63. The molecular formula is C14H26N2O2S. The summed E-state index contributed by atoms with van der Waals surface area (Å²) in [6.45, 7) is 10.6. The van der Waals surface area contributed by atoms with Gasteiger partial charge in [0.25, 0.3) is 0 Å². The van der Waals surface area contributed by atoms with Crippen LogP contribution in [0.1, 0.15) is 31.3 Å². The molecule has 0 radical (unpaired) electrons. The van der Waals surface area contributed by atoms with Crippen molar-refractivity contribution in [3.05, 3.63) is 16.1 Å². The molecule has 0 saturated carbocycles. The molecule has 4 nitrogen and oxygen atoms in total. The van der Waals surface area contributed by atoms with Crippen LogP contribution in [0.5, 0.6) is 0 Å². The second-order valence-electron chi connectivity index (χ2n) is 5.69. The molecule has 1 rings (SSSR count). The zero-order valence-corrected chi connectivity index (χ0v) is 13.5. The Kier molecular flexibility index (Phi) is 6.93. The highest BCUT2D eigenvalue weighted by Gasteiger charge is 2.14. The van der Waals surface area contributed by atoms with Gasteiger partial charge >= 0.3 is 0 Å². The van der Waals surface area contributed by atoms with Crippen LogP contribution in [0.15, 0.2) is 5.51 Å². The molecule has 1 N–H and O–H groups in total. The van der Waals surface area contributed by atoms with E-state index in [1.54, 1.807) is 18.4 Å². The molecule has 1 atom stereocenters. The van der Waals surface area contributed by atoms with Crippen LogP contribution in [0.4, 0.5) is 0 Å². The summed E-state index contributed by atoms with van der Waals surface area (Å²) in [4.78, 5) is 5.55. The van der Waals surface area contributed by atoms with E-state index in [2.05, 4.69) is 31.1 Å². The van der Waals surface area contributed by atoms with Crippen molar-refractivity contribution in [3.8, 4) is 0 Å². The minimum absolute atomic E-state index is 0.0949. The van der Waals surface area contributed by atoms with Gasteiger partial charge in [-0.3, -0.25) is 0 Å². The van der Waals surface area contributed by atoms with E-state index in [-0.39, 0.29) is 11.6 Å². The summed E-state index contributed by atoms with van der Waals surface area (Å²) >= 11 is 1.69. The SMILES string of the molecule is COCC(CNC(C)(C)C)OCCc1scnc1C. The van der Waals surface area contributed by atoms with E-state index >= 15 is 0 Å². The lowest BCUT2D eigenvalue weighted by Crippen LogP contribution is -2.43. The van der Waals surface area contributed by atoms with Crippen molar-refractivity contribution in [2.75, 3.05) is 26.9 Å². The first-order valence-electron chi connectivity index (χ1n) is 6.67. The molecule has 0 bridgehead atoms. The number of nitrogens with zero attached hydrogens (tertiary/aromatic N) is 1. The maximum atomic E-state index is 5.90. The van der Waals surface area contributed by atoms with Gasteiger partial charge in [0.15, 0.2) is 0 Å². The first kappa shape index (κ1) is 16.6. The fourth-order valence-corrected chi connectivity index (χ4v) is 2.42. The summed E-state index contributed by atoms with van der Waals surface area (Å²) in [7, 11) is 1.71. The quantitative estimate of drug-likeness (QED) is 0.797. The van der Waals surface area contributed by atoms with Crippen LogP contribution in [-0.2, 0) is 15.9 Å². The van der Waals surface area contributed by atoms with E-state index in [0.29, 0.717) is 13.2 Å². The Bertz CT molecular complexity index is 361. The molecule has 19 heavy (non-hydrogen) atoms. The second kappa shape index (κ2) is 7.94.